The zero-order valence-electron chi connectivity index (χ0n) is 9.20. The topological polar surface area (TPSA) is 26.0 Å². The Balaban J connectivity index is 2.56. The maximum Gasteiger partial charge on any atom is 0.0473 e. The molecule has 3 rings (SSSR count). The van der Waals surface area contributed by atoms with Crippen LogP contribution in [0.15, 0.2) is 48.5 Å². The Morgan fingerprint density at radius 3 is 2.44 bits per heavy atom. The van der Waals surface area contributed by atoms with Gasteiger partial charge in [0.25, 0.3) is 0 Å². The van der Waals surface area contributed by atoms with Crippen molar-refractivity contribution in [3.63, 3.8) is 0 Å². The average molecular weight is 207 g/mol. The van der Waals surface area contributed by atoms with Crippen molar-refractivity contribution in [3.05, 3.63) is 54.1 Å². The van der Waals surface area contributed by atoms with Crippen LogP contribution in [0.2, 0.25) is 0 Å². The van der Waals surface area contributed by atoms with E-state index >= 15 is 0 Å². The van der Waals surface area contributed by atoms with Gasteiger partial charge in [-0.05, 0) is 29.8 Å². The first kappa shape index (κ1) is 9.22. The van der Waals surface area contributed by atoms with Gasteiger partial charge < -0.3 is 5.73 Å². The third kappa shape index (κ3) is 1.25. The van der Waals surface area contributed by atoms with E-state index in [1.807, 2.05) is 12.1 Å². The molecule has 0 atom stereocenters. The molecule has 2 N–H and O–H groups in total. The maximum atomic E-state index is 6.22. The van der Waals surface area contributed by atoms with Gasteiger partial charge in [-0.1, -0.05) is 42.0 Å². The molecule has 0 aliphatic carbocycles. The zero-order valence-corrected chi connectivity index (χ0v) is 9.20. The molecule has 0 radical (unpaired) electrons. The highest BCUT2D eigenvalue weighted by Gasteiger charge is 2.03. The number of nitrogen functional groups attached to an aromatic ring is 1. The SMILES string of the molecule is Cc1ccc2cc3ccccc3c(N)c2c1. The van der Waals surface area contributed by atoms with Crippen LogP contribution in [0.5, 0.6) is 0 Å². The van der Waals surface area contributed by atoms with Crippen molar-refractivity contribution >= 4 is 27.2 Å². The quantitative estimate of drug-likeness (QED) is 0.439. The summed E-state index contributed by atoms with van der Waals surface area (Å²) in [6.07, 6.45) is 0. The molecule has 0 aliphatic rings. The van der Waals surface area contributed by atoms with E-state index in [-0.39, 0.29) is 0 Å². The fraction of sp³-hybridized carbons (Fsp3) is 0.0667. The molecule has 0 aliphatic heterocycles. The summed E-state index contributed by atoms with van der Waals surface area (Å²) in [5.41, 5.74) is 8.35. The van der Waals surface area contributed by atoms with Gasteiger partial charge in [0.05, 0.1) is 0 Å². The third-order valence-electron chi connectivity index (χ3n) is 3.06. The highest BCUT2D eigenvalue weighted by atomic mass is 14.6. The van der Waals surface area contributed by atoms with Gasteiger partial charge in [0.2, 0.25) is 0 Å². The molecule has 16 heavy (non-hydrogen) atoms. The molecule has 3 aromatic rings. The van der Waals surface area contributed by atoms with E-state index in [0.717, 1.165) is 16.5 Å². The van der Waals surface area contributed by atoms with Crippen LogP contribution in [-0.4, -0.2) is 0 Å². The predicted molar refractivity (Wildman–Crippen MR) is 70.6 cm³/mol. The van der Waals surface area contributed by atoms with E-state index in [1.165, 1.54) is 16.3 Å². The van der Waals surface area contributed by atoms with Crippen LogP contribution in [0.1, 0.15) is 5.56 Å². The van der Waals surface area contributed by atoms with Gasteiger partial charge in [-0.15, -0.1) is 0 Å². The summed E-state index contributed by atoms with van der Waals surface area (Å²) in [4.78, 5) is 0. The van der Waals surface area contributed by atoms with Crippen LogP contribution in [0, 0.1) is 6.92 Å². The zero-order chi connectivity index (χ0) is 11.1. The molecule has 0 unspecified atom stereocenters. The van der Waals surface area contributed by atoms with Crippen molar-refractivity contribution < 1.29 is 0 Å². The van der Waals surface area contributed by atoms with Crippen LogP contribution in [0.4, 0.5) is 5.69 Å². The van der Waals surface area contributed by atoms with Gasteiger partial charge in [0, 0.05) is 16.5 Å². The molecule has 0 amide bonds. The first-order chi connectivity index (χ1) is 7.75. The Kier molecular flexibility index (Phi) is 1.87. The lowest BCUT2D eigenvalue weighted by atomic mass is 10.00. The summed E-state index contributed by atoms with van der Waals surface area (Å²) in [5, 5.41) is 4.71. The third-order valence-corrected chi connectivity index (χ3v) is 3.06. The normalized spacial score (nSPS) is 11.1. The lowest BCUT2D eigenvalue weighted by Crippen LogP contribution is -1.90. The van der Waals surface area contributed by atoms with Crippen molar-refractivity contribution in [1.82, 2.24) is 0 Å². The van der Waals surface area contributed by atoms with Gasteiger partial charge in [-0.3, -0.25) is 0 Å². The lowest BCUT2D eigenvalue weighted by molar-refractivity contribution is 1.51. The highest BCUT2D eigenvalue weighted by Crippen LogP contribution is 2.30. The number of rotatable bonds is 0. The van der Waals surface area contributed by atoms with Crippen LogP contribution in [0.25, 0.3) is 21.5 Å². The van der Waals surface area contributed by atoms with Gasteiger partial charge in [-0.2, -0.15) is 0 Å². The largest absolute Gasteiger partial charge is 0.398 e. The van der Waals surface area contributed by atoms with Gasteiger partial charge in [0.15, 0.2) is 0 Å². The first-order valence-corrected chi connectivity index (χ1v) is 5.43. The number of hydrogen-bond donors (Lipinski definition) is 1. The Hall–Kier alpha value is -2.02. The smallest absolute Gasteiger partial charge is 0.0473 e. The van der Waals surface area contributed by atoms with Crippen molar-refractivity contribution in [2.24, 2.45) is 0 Å². The standard InChI is InChI=1S/C15H13N/c1-10-6-7-12-9-11-4-2-3-5-13(11)15(16)14(12)8-10/h2-9H,16H2,1H3. The molecule has 0 saturated carbocycles. The fourth-order valence-electron chi connectivity index (χ4n) is 2.21. The Labute approximate surface area is 94.5 Å². The molecule has 1 heteroatoms. The van der Waals surface area contributed by atoms with Gasteiger partial charge in [0.1, 0.15) is 0 Å². The number of anilines is 1. The van der Waals surface area contributed by atoms with Crippen molar-refractivity contribution in [1.29, 1.82) is 0 Å². The molecule has 0 fully saturated rings. The van der Waals surface area contributed by atoms with E-state index in [1.54, 1.807) is 0 Å². The molecule has 0 heterocycles. The summed E-state index contributed by atoms with van der Waals surface area (Å²) < 4.78 is 0. The van der Waals surface area contributed by atoms with Crippen LogP contribution in [-0.2, 0) is 0 Å². The molecular weight excluding hydrogens is 194 g/mol. The maximum absolute atomic E-state index is 6.22. The summed E-state index contributed by atoms with van der Waals surface area (Å²) in [6.45, 7) is 2.09. The number of nitrogens with two attached hydrogens (primary N) is 1. The van der Waals surface area contributed by atoms with Gasteiger partial charge >= 0.3 is 0 Å². The van der Waals surface area contributed by atoms with E-state index in [2.05, 4.69) is 43.3 Å². The minimum Gasteiger partial charge on any atom is -0.398 e. The van der Waals surface area contributed by atoms with Gasteiger partial charge in [-0.25, -0.2) is 0 Å². The Morgan fingerprint density at radius 2 is 1.56 bits per heavy atom. The Morgan fingerprint density at radius 1 is 0.812 bits per heavy atom. The second-order valence-corrected chi connectivity index (χ2v) is 4.24. The predicted octanol–water partition coefficient (Wildman–Crippen LogP) is 3.88. The Bertz CT molecular complexity index is 683. The van der Waals surface area contributed by atoms with E-state index in [9.17, 15) is 0 Å². The van der Waals surface area contributed by atoms with Crippen molar-refractivity contribution in [2.45, 2.75) is 6.92 Å². The van der Waals surface area contributed by atoms with Crippen molar-refractivity contribution in [3.8, 4) is 0 Å². The number of hydrogen-bond acceptors (Lipinski definition) is 1. The number of benzene rings is 3. The first-order valence-electron chi connectivity index (χ1n) is 5.43. The molecule has 0 saturated heterocycles. The molecular formula is C15H13N. The summed E-state index contributed by atoms with van der Waals surface area (Å²) in [6, 6.07) is 16.8. The van der Waals surface area contributed by atoms with Crippen LogP contribution >= 0.6 is 0 Å². The summed E-state index contributed by atoms with van der Waals surface area (Å²) in [5.74, 6) is 0. The van der Waals surface area contributed by atoms with E-state index < -0.39 is 0 Å². The molecule has 3 aromatic carbocycles. The minimum absolute atomic E-state index is 0.886. The molecule has 0 bridgehead atoms. The second-order valence-electron chi connectivity index (χ2n) is 4.24. The van der Waals surface area contributed by atoms with Crippen LogP contribution in [0.3, 0.4) is 0 Å². The van der Waals surface area contributed by atoms with E-state index in [0.29, 0.717) is 0 Å². The molecule has 0 spiro atoms. The molecule has 78 valence electrons. The summed E-state index contributed by atoms with van der Waals surface area (Å²) in [7, 11) is 0. The second kappa shape index (κ2) is 3.24. The molecule has 0 aromatic heterocycles. The number of fused-ring (bicyclic) bond motifs is 2. The van der Waals surface area contributed by atoms with Crippen LogP contribution < -0.4 is 5.73 Å². The number of aryl methyl sites for hydroxylation is 1. The van der Waals surface area contributed by atoms with Crippen molar-refractivity contribution in [2.75, 3.05) is 5.73 Å². The fourth-order valence-corrected chi connectivity index (χ4v) is 2.21. The lowest BCUT2D eigenvalue weighted by Gasteiger charge is -2.07. The average Bonchev–Trinajstić information content (AvgIpc) is 2.31. The van der Waals surface area contributed by atoms with E-state index in [4.69, 9.17) is 5.73 Å². The molecule has 1 nitrogen and oxygen atoms in total. The highest BCUT2D eigenvalue weighted by molar-refractivity contribution is 6.10. The minimum atomic E-state index is 0.886. The summed E-state index contributed by atoms with van der Waals surface area (Å²) >= 11 is 0. The monoisotopic (exact) mass is 207 g/mol.